The predicted molar refractivity (Wildman–Crippen MR) is 111 cm³/mol. The molecule has 4 rings (SSSR count). The summed E-state index contributed by atoms with van der Waals surface area (Å²) in [5.41, 5.74) is 1.94. The lowest BCUT2D eigenvalue weighted by atomic mass is 10.2. The second-order valence-electron chi connectivity index (χ2n) is 6.59. The first-order chi connectivity index (χ1) is 13.3. The average molecular weight is 378 g/mol. The maximum absolute atomic E-state index is 13.0. The van der Waals surface area contributed by atoms with E-state index in [2.05, 4.69) is 24.3 Å². The van der Waals surface area contributed by atoms with Crippen LogP contribution in [0.25, 0.3) is 17.0 Å². The highest BCUT2D eigenvalue weighted by Crippen LogP contribution is 2.21. The van der Waals surface area contributed by atoms with Crippen LogP contribution in [-0.4, -0.2) is 28.0 Å². The molecular formula is C22H22N2O2S. The zero-order valence-corrected chi connectivity index (χ0v) is 15.9. The van der Waals surface area contributed by atoms with Gasteiger partial charge in [0, 0.05) is 12.4 Å². The maximum atomic E-state index is 13.0. The molecular weight excluding hydrogens is 356 g/mol. The highest BCUT2D eigenvalue weighted by Gasteiger charge is 2.19. The van der Waals surface area contributed by atoms with E-state index in [1.807, 2.05) is 42.5 Å². The van der Waals surface area contributed by atoms with Gasteiger partial charge in [-0.3, -0.25) is 9.36 Å². The van der Waals surface area contributed by atoms with Crippen molar-refractivity contribution in [3.8, 4) is 0 Å². The van der Waals surface area contributed by atoms with Crippen LogP contribution >= 0.6 is 11.8 Å². The Labute approximate surface area is 162 Å². The molecule has 0 radical (unpaired) electrons. The summed E-state index contributed by atoms with van der Waals surface area (Å²) in [4.78, 5) is 17.8. The van der Waals surface area contributed by atoms with Gasteiger partial charge in [-0.15, -0.1) is 0 Å². The first-order valence-electron chi connectivity index (χ1n) is 9.27. The van der Waals surface area contributed by atoms with Crippen LogP contribution in [0.5, 0.6) is 0 Å². The minimum absolute atomic E-state index is 0.0191. The number of fused-ring (bicyclic) bond motifs is 1. The topological polar surface area (TPSA) is 44.1 Å². The Morgan fingerprint density at radius 2 is 1.96 bits per heavy atom. The molecule has 5 heteroatoms. The van der Waals surface area contributed by atoms with Gasteiger partial charge in [-0.2, -0.15) is 0 Å². The second kappa shape index (κ2) is 8.55. The van der Waals surface area contributed by atoms with Gasteiger partial charge in [0.05, 0.1) is 23.6 Å². The lowest BCUT2D eigenvalue weighted by Crippen LogP contribution is -2.28. The first-order valence-corrected chi connectivity index (χ1v) is 10.3. The molecule has 0 aliphatic carbocycles. The van der Waals surface area contributed by atoms with Crippen molar-refractivity contribution in [1.29, 1.82) is 0 Å². The normalized spacial score (nSPS) is 17.1. The molecule has 1 fully saturated rings. The van der Waals surface area contributed by atoms with E-state index >= 15 is 0 Å². The van der Waals surface area contributed by atoms with Crippen molar-refractivity contribution >= 4 is 28.7 Å². The predicted octanol–water partition coefficient (Wildman–Crippen LogP) is 4.38. The van der Waals surface area contributed by atoms with E-state index in [1.54, 1.807) is 16.3 Å². The van der Waals surface area contributed by atoms with Gasteiger partial charge in [0.2, 0.25) is 0 Å². The van der Waals surface area contributed by atoms with Gasteiger partial charge in [-0.25, -0.2) is 4.98 Å². The molecule has 1 aliphatic rings. The monoisotopic (exact) mass is 378 g/mol. The van der Waals surface area contributed by atoms with Crippen molar-refractivity contribution in [2.45, 2.75) is 30.6 Å². The van der Waals surface area contributed by atoms with E-state index in [0.717, 1.165) is 35.9 Å². The summed E-state index contributed by atoms with van der Waals surface area (Å²) >= 11 is 1.59. The fraction of sp³-hybridized carbons (Fsp3) is 0.273. The SMILES string of the molecule is O=c1c2ccccc2nc(SCC=Cc2ccccc2)n1CC1CCCO1. The van der Waals surface area contributed by atoms with Crippen molar-refractivity contribution in [2.75, 3.05) is 12.4 Å². The van der Waals surface area contributed by atoms with Gasteiger partial charge < -0.3 is 4.74 Å². The third-order valence-corrected chi connectivity index (χ3v) is 5.58. The molecule has 3 aromatic rings. The summed E-state index contributed by atoms with van der Waals surface area (Å²) in [6, 6.07) is 17.8. The molecule has 2 aromatic carbocycles. The number of nitrogens with zero attached hydrogens (tertiary/aromatic N) is 2. The van der Waals surface area contributed by atoms with Crippen molar-refractivity contribution in [3.63, 3.8) is 0 Å². The fourth-order valence-corrected chi connectivity index (χ4v) is 4.10. The molecule has 1 aliphatic heterocycles. The van der Waals surface area contributed by atoms with E-state index in [0.29, 0.717) is 11.9 Å². The summed E-state index contributed by atoms with van der Waals surface area (Å²) < 4.78 is 7.54. The van der Waals surface area contributed by atoms with Gasteiger partial charge in [0.1, 0.15) is 0 Å². The Balaban J connectivity index is 1.59. The minimum atomic E-state index is 0.0191. The highest BCUT2D eigenvalue weighted by atomic mass is 32.2. The zero-order chi connectivity index (χ0) is 18.5. The van der Waals surface area contributed by atoms with E-state index in [1.165, 1.54) is 5.56 Å². The molecule has 1 saturated heterocycles. The van der Waals surface area contributed by atoms with Crippen LogP contribution in [0.15, 0.2) is 70.6 Å². The highest BCUT2D eigenvalue weighted by molar-refractivity contribution is 7.99. The summed E-state index contributed by atoms with van der Waals surface area (Å²) in [5.74, 6) is 0.755. The van der Waals surface area contributed by atoms with Gasteiger partial charge in [0.25, 0.3) is 5.56 Å². The number of rotatable bonds is 6. The molecule has 0 spiro atoms. The average Bonchev–Trinajstić information content (AvgIpc) is 3.22. The number of hydrogen-bond acceptors (Lipinski definition) is 4. The number of aromatic nitrogens is 2. The lowest BCUT2D eigenvalue weighted by molar-refractivity contribution is 0.0937. The van der Waals surface area contributed by atoms with Gasteiger partial charge in [-0.05, 0) is 30.5 Å². The lowest BCUT2D eigenvalue weighted by Gasteiger charge is -2.16. The van der Waals surface area contributed by atoms with Gasteiger partial charge in [0.15, 0.2) is 5.16 Å². The Morgan fingerprint density at radius 3 is 2.78 bits per heavy atom. The van der Waals surface area contributed by atoms with Crippen LogP contribution in [0.1, 0.15) is 18.4 Å². The van der Waals surface area contributed by atoms with Crippen LogP contribution in [0.2, 0.25) is 0 Å². The van der Waals surface area contributed by atoms with Gasteiger partial charge >= 0.3 is 0 Å². The smallest absolute Gasteiger partial charge is 0.262 e. The molecule has 1 atom stereocenters. The summed E-state index contributed by atoms with van der Waals surface area (Å²) in [7, 11) is 0. The molecule has 0 saturated carbocycles. The van der Waals surface area contributed by atoms with Crippen LogP contribution < -0.4 is 5.56 Å². The molecule has 2 heterocycles. The molecule has 0 N–H and O–H groups in total. The minimum Gasteiger partial charge on any atom is -0.376 e. The third kappa shape index (κ3) is 4.31. The fourth-order valence-electron chi connectivity index (χ4n) is 3.28. The van der Waals surface area contributed by atoms with E-state index in [4.69, 9.17) is 9.72 Å². The maximum Gasteiger partial charge on any atom is 0.262 e. The molecule has 0 amide bonds. The number of benzene rings is 2. The molecule has 138 valence electrons. The summed E-state index contributed by atoms with van der Waals surface area (Å²) in [6.07, 6.45) is 6.36. The second-order valence-corrected chi connectivity index (χ2v) is 7.57. The Hall–Kier alpha value is -2.37. The number of ether oxygens (including phenoxy) is 1. The Morgan fingerprint density at radius 1 is 1.15 bits per heavy atom. The number of para-hydroxylation sites is 1. The Kier molecular flexibility index (Phi) is 5.70. The Bertz CT molecular complexity index is 992. The van der Waals surface area contributed by atoms with E-state index in [9.17, 15) is 4.79 Å². The number of hydrogen-bond donors (Lipinski definition) is 0. The quantitative estimate of drug-likeness (QED) is 0.472. The third-order valence-electron chi connectivity index (χ3n) is 4.66. The molecule has 1 aromatic heterocycles. The summed E-state index contributed by atoms with van der Waals surface area (Å²) in [6.45, 7) is 1.35. The molecule has 1 unspecified atom stereocenters. The molecule has 4 nitrogen and oxygen atoms in total. The zero-order valence-electron chi connectivity index (χ0n) is 15.1. The number of thioether (sulfide) groups is 1. The van der Waals surface area contributed by atoms with Crippen LogP contribution in [-0.2, 0) is 11.3 Å². The summed E-state index contributed by atoms with van der Waals surface area (Å²) in [5, 5.41) is 1.42. The van der Waals surface area contributed by atoms with Crippen LogP contribution in [0.3, 0.4) is 0 Å². The van der Waals surface area contributed by atoms with Crippen molar-refractivity contribution in [1.82, 2.24) is 9.55 Å². The van der Waals surface area contributed by atoms with Crippen molar-refractivity contribution < 1.29 is 4.74 Å². The molecule has 0 bridgehead atoms. The first kappa shape index (κ1) is 18.0. The standard InChI is InChI=1S/C22H22N2O2S/c25-21-19-12-4-5-13-20(19)23-22(24(21)16-18-11-6-14-26-18)27-15-7-10-17-8-2-1-3-9-17/h1-5,7-10,12-13,18H,6,11,14-16H2. The largest absolute Gasteiger partial charge is 0.376 e. The van der Waals surface area contributed by atoms with E-state index < -0.39 is 0 Å². The van der Waals surface area contributed by atoms with E-state index in [-0.39, 0.29) is 11.7 Å². The van der Waals surface area contributed by atoms with Crippen LogP contribution in [0.4, 0.5) is 0 Å². The van der Waals surface area contributed by atoms with Crippen molar-refractivity contribution in [3.05, 3.63) is 76.6 Å². The van der Waals surface area contributed by atoms with Gasteiger partial charge in [-0.1, -0.05) is 66.4 Å². The van der Waals surface area contributed by atoms with Crippen molar-refractivity contribution in [2.24, 2.45) is 0 Å². The van der Waals surface area contributed by atoms with Crippen LogP contribution in [0, 0.1) is 0 Å². The molecule has 27 heavy (non-hydrogen) atoms.